The third kappa shape index (κ3) is 6.00. The molecule has 0 unspecified atom stereocenters. The molecule has 13 heteroatoms. The normalized spacial score (nSPS) is 23.8. The number of carbonyl (C=O) groups is 2. The Morgan fingerprint density at radius 1 is 0.627 bits per heavy atom. The number of fused-ring (bicyclic) bond motifs is 12. The highest BCUT2D eigenvalue weighted by Crippen LogP contribution is 2.52. The van der Waals surface area contributed by atoms with Gasteiger partial charge in [0.1, 0.15) is 65.0 Å². The molecule has 0 radical (unpaired) electrons. The van der Waals surface area contributed by atoms with Crippen LogP contribution in [-0.4, -0.2) is 81.7 Å². The third-order valence-corrected chi connectivity index (χ3v) is 11.4. The number of rotatable bonds is 4. The van der Waals surface area contributed by atoms with E-state index >= 15 is 0 Å². The van der Waals surface area contributed by atoms with Crippen molar-refractivity contribution in [3.05, 3.63) is 94.1 Å². The highest BCUT2D eigenvalue weighted by Gasteiger charge is 2.57. The van der Waals surface area contributed by atoms with E-state index in [9.17, 15) is 14.7 Å². The molecular formula is C46H44O13. The molecule has 0 saturated heterocycles. The summed E-state index contributed by atoms with van der Waals surface area (Å²) >= 11 is 0. The van der Waals surface area contributed by atoms with E-state index in [2.05, 4.69) is 0 Å². The van der Waals surface area contributed by atoms with Gasteiger partial charge in [0.15, 0.2) is 40.5 Å². The van der Waals surface area contributed by atoms with Crippen molar-refractivity contribution in [2.45, 2.75) is 62.6 Å². The second-order valence-corrected chi connectivity index (χ2v) is 16.1. The van der Waals surface area contributed by atoms with Gasteiger partial charge in [0.2, 0.25) is 5.78 Å². The summed E-state index contributed by atoms with van der Waals surface area (Å²) in [6.07, 6.45) is 6.40. The summed E-state index contributed by atoms with van der Waals surface area (Å²) in [6.45, 7) is 8.15. The van der Waals surface area contributed by atoms with E-state index in [-0.39, 0.29) is 24.6 Å². The summed E-state index contributed by atoms with van der Waals surface area (Å²) in [5, 5.41) is 11.6. The largest absolute Gasteiger partial charge is 0.493 e. The van der Waals surface area contributed by atoms with Crippen LogP contribution in [0.15, 0.2) is 60.7 Å². The van der Waals surface area contributed by atoms with Gasteiger partial charge in [0.25, 0.3) is 0 Å². The van der Waals surface area contributed by atoms with Crippen LogP contribution in [0.3, 0.4) is 0 Å². The molecule has 0 spiro atoms. The van der Waals surface area contributed by atoms with Gasteiger partial charge in [0.05, 0.1) is 56.6 Å². The Hall–Kier alpha value is -6.34. The minimum Gasteiger partial charge on any atom is -0.493 e. The SMILES string of the molecule is COc1cc2c(cc1OC)[C@@H]1C(=O)c3ccc4c(c3O[C@@H]1CO2)C=CC(C)(C)O4.COc1cc2c(cc1OC)[C@]1(O)C(=O)c3ccc4c(c3O[C@@H]1CO2)C=CC(C)(C)O4. The van der Waals surface area contributed by atoms with Crippen molar-refractivity contribution >= 4 is 23.7 Å². The van der Waals surface area contributed by atoms with E-state index in [4.69, 9.17) is 47.4 Å². The van der Waals surface area contributed by atoms with Crippen molar-refractivity contribution in [3.63, 3.8) is 0 Å². The predicted molar refractivity (Wildman–Crippen MR) is 215 cm³/mol. The molecule has 0 aliphatic carbocycles. The average Bonchev–Trinajstić information content (AvgIpc) is 3.22. The molecule has 4 aromatic rings. The molecule has 4 atom stereocenters. The Balaban J connectivity index is 0.000000152. The zero-order valence-electron chi connectivity index (χ0n) is 33.9. The number of ether oxygens (including phenoxy) is 10. The number of methoxy groups -OCH3 is 4. The molecule has 6 heterocycles. The summed E-state index contributed by atoms with van der Waals surface area (Å²) < 4.78 is 57.7. The van der Waals surface area contributed by atoms with Gasteiger partial charge in [-0.05, 0) is 88.4 Å². The van der Waals surface area contributed by atoms with Gasteiger partial charge in [-0.25, -0.2) is 0 Å². The Morgan fingerprint density at radius 3 is 1.76 bits per heavy atom. The number of ketones is 2. The molecule has 306 valence electrons. The number of benzene rings is 4. The lowest BCUT2D eigenvalue weighted by molar-refractivity contribution is -0.0802. The van der Waals surface area contributed by atoms with Gasteiger partial charge >= 0.3 is 0 Å². The molecule has 0 saturated carbocycles. The maximum atomic E-state index is 13.6. The maximum absolute atomic E-state index is 13.6. The standard InChI is InChI=1S/C23H22O7.C23H22O6/c1-22(2)8-7-12-15(30-22)6-5-13-20(12)29-19-11-28-16-10-18(27-4)17(26-3)9-14(16)23(19,25)21(13)24;1-23(2)8-7-12-15(29-23)6-5-13-21(24)20-14-9-17(25-3)18(26-4)10-16(14)27-11-19(20)28-22(12)13/h5-10,19,25H,11H2,1-4H3;5-10,19-20H,11H2,1-4H3/t19-,23-;19-,20+/m11/s1. The molecule has 4 aromatic carbocycles. The fraction of sp³-hybridized carbons (Fsp3) is 0.348. The van der Waals surface area contributed by atoms with E-state index in [1.54, 1.807) is 56.7 Å². The minimum atomic E-state index is -1.91. The maximum Gasteiger partial charge on any atom is 0.206 e. The zero-order valence-corrected chi connectivity index (χ0v) is 33.9. The van der Waals surface area contributed by atoms with Gasteiger partial charge < -0.3 is 52.5 Å². The smallest absolute Gasteiger partial charge is 0.206 e. The second-order valence-electron chi connectivity index (χ2n) is 16.1. The van der Waals surface area contributed by atoms with Crippen LogP contribution in [0.1, 0.15) is 76.6 Å². The first-order chi connectivity index (χ1) is 28.2. The van der Waals surface area contributed by atoms with Crippen LogP contribution < -0.4 is 47.4 Å². The van der Waals surface area contributed by atoms with E-state index in [1.165, 1.54) is 14.2 Å². The van der Waals surface area contributed by atoms with Gasteiger partial charge in [-0.15, -0.1) is 0 Å². The van der Waals surface area contributed by atoms with Crippen LogP contribution in [0.4, 0.5) is 0 Å². The lowest BCUT2D eigenvalue weighted by Crippen LogP contribution is -2.57. The minimum absolute atomic E-state index is 0.00386. The lowest BCUT2D eigenvalue weighted by Gasteiger charge is -2.44. The molecule has 6 aliphatic heterocycles. The first-order valence-corrected chi connectivity index (χ1v) is 19.2. The van der Waals surface area contributed by atoms with Crippen molar-refractivity contribution in [2.75, 3.05) is 41.7 Å². The third-order valence-electron chi connectivity index (χ3n) is 11.4. The van der Waals surface area contributed by atoms with E-state index < -0.39 is 40.7 Å². The molecule has 59 heavy (non-hydrogen) atoms. The molecule has 10 rings (SSSR count). The van der Waals surface area contributed by atoms with E-state index in [0.29, 0.717) is 74.2 Å². The van der Waals surface area contributed by atoms with Crippen LogP contribution in [0.25, 0.3) is 12.2 Å². The van der Waals surface area contributed by atoms with Crippen molar-refractivity contribution < 1.29 is 62.1 Å². The molecule has 1 N–H and O–H groups in total. The van der Waals surface area contributed by atoms with Crippen molar-refractivity contribution in [1.82, 2.24) is 0 Å². The van der Waals surface area contributed by atoms with E-state index in [0.717, 1.165) is 11.1 Å². The highest BCUT2D eigenvalue weighted by atomic mass is 16.6. The Morgan fingerprint density at radius 2 is 1.15 bits per heavy atom. The highest BCUT2D eigenvalue weighted by molar-refractivity contribution is 6.08. The average molecular weight is 805 g/mol. The molecule has 0 aromatic heterocycles. The van der Waals surface area contributed by atoms with Crippen LogP contribution >= 0.6 is 0 Å². The number of Topliss-reactive ketones (excluding diaryl/α,β-unsaturated/α-hetero) is 2. The molecule has 13 nitrogen and oxygen atoms in total. The van der Waals surface area contributed by atoms with Gasteiger partial charge in [-0.3, -0.25) is 9.59 Å². The van der Waals surface area contributed by atoms with Gasteiger partial charge in [0, 0.05) is 23.3 Å². The molecular weight excluding hydrogens is 760 g/mol. The fourth-order valence-electron chi connectivity index (χ4n) is 8.40. The number of hydrogen-bond donors (Lipinski definition) is 1. The molecule has 6 aliphatic rings. The summed E-state index contributed by atoms with van der Waals surface area (Å²) in [5.74, 6) is 4.31. The summed E-state index contributed by atoms with van der Waals surface area (Å²) in [5.41, 5.74) is 0.606. The van der Waals surface area contributed by atoms with Gasteiger partial charge in [-0.1, -0.05) is 0 Å². The monoisotopic (exact) mass is 804 g/mol. The number of carbonyl (C=O) groups excluding carboxylic acids is 2. The topological polar surface area (TPSA) is 147 Å². The molecule has 0 fully saturated rings. The summed E-state index contributed by atoms with van der Waals surface area (Å²) in [6, 6.07) is 13.7. The fourth-order valence-corrected chi connectivity index (χ4v) is 8.40. The molecule has 0 bridgehead atoms. The van der Waals surface area contributed by atoms with Crippen LogP contribution in [0.5, 0.6) is 57.5 Å². The second kappa shape index (κ2) is 13.6. The summed E-state index contributed by atoms with van der Waals surface area (Å²) in [4.78, 5) is 27.1. The van der Waals surface area contributed by atoms with Crippen LogP contribution in [0, 0.1) is 0 Å². The number of hydrogen-bond acceptors (Lipinski definition) is 13. The first-order valence-electron chi connectivity index (χ1n) is 19.2. The van der Waals surface area contributed by atoms with Crippen molar-refractivity contribution in [2.24, 2.45) is 0 Å². The van der Waals surface area contributed by atoms with Gasteiger partial charge in [-0.2, -0.15) is 0 Å². The quantitative estimate of drug-likeness (QED) is 0.224. The van der Waals surface area contributed by atoms with Crippen molar-refractivity contribution in [3.8, 4) is 57.5 Å². The van der Waals surface area contributed by atoms with Crippen LogP contribution in [-0.2, 0) is 5.60 Å². The first kappa shape index (κ1) is 38.2. The summed E-state index contributed by atoms with van der Waals surface area (Å²) in [7, 11) is 6.14. The Bertz CT molecular complexity index is 2500. The zero-order chi connectivity index (χ0) is 41.6. The van der Waals surface area contributed by atoms with Crippen LogP contribution in [0.2, 0.25) is 0 Å². The lowest BCUT2D eigenvalue weighted by atomic mass is 9.77. The van der Waals surface area contributed by atoms with E-state index in [1.807, 2.05) is 58.1 Å². The number of aliphatic hydroxyl groups is 1. The predicted octanol–water partition coefficient (Wildman–Crippen LogP) is 7.12. The molecule has 0 amide bonds. The Labute approximate surface area is 340 Å². The Kier molecular flexibility index (Phi) is 8.82. The van der Waals surface area contributed by atoms with Crippen molar-refractivity contribution in [1.29, 1.82) is 0 Å².